The van der Waals surface area contributed by atoms with Crippen LogP contribution in [0, 0.1) is 0 Å². The number of aromatic nitrogens is 1. The molecule has 0 aliphatic heterocycles. The Labute approximate surface area is 158 Å². The lowest BCUT2D eigenvalue weighted by atomic mass is 10.2. The van der Waals surface area contributed by atoms with Crippen molar-refractivity contribution in [2.75, 3.05) is 7.11 Å². The number of nitrogens with zero attached hydrogens (tertiary/aromatic N) is 1. The van der Waals surface area contributed by atoms with E-state index in [1.54, 1.807) is 5.38 Å². The number of alkyl halides is 2. The van der Waals surface area contributed by atoms with Gasteiger partial charge in [0.25, 0.3) is 0 Å². The number of rotatable bonds is 7. The molecule has 0 radical (unpaired) electrons. The summed E-state index contributed by atoms with van der Waals surface area (Å²) in [6.45, 7) is -3.01. The minimum Gasteiger partial charge on any atom is -0.493 e. The minimum absolute atomic E-state index is 0.0532. The molecule has 0 aliphatic carbocycles. The average Bonchev–Trinajstić information content (AvgIpc) is 3.17. The molecular formula is C19H15F2NO4S. The minimum atomic E-state index is -2.95. The van der Waals surface area contributed by atoms with E-state index in [4.69, 9.17) is 9.47 Å². The van der Waals surface area contributed by atoms with Crippen LogP contribution in [0.3, 0.4) is 0 Å². The first-order chi connectivity index (χ1) is 13.1. The van der Waals surface area contributed by atoms with Crippen molar-refractivity contribution in [3.05, 3.63) is 65.2 Å². The van der Waals surface area contributed by atoms with Gasteiger partial charge in [0.1, 0.15) is 11.6 Å². The number of carbonyl (C=O) groups excluding carboxylic acids is 1. The monoisotopic (exact) mass is 391 g/mol. The number of carbonyl (C=O) groups is 1. The van der Waals surface area contributed by atoms with Crippen molar-refractivity contribution < 1.29 is 27.8 Å². The Morgan fingerprint density at radius 1 is 1.15 bits per heavy atom. The van der Waals surface area contributed by atoms with Crippen LogP contribution in [-0.4, -0.2) is 24.7 Å². The number of benzene rings is 2. The molecule has 5 nitrogen and oxygen atoms in total. The molecule has 140 valence electrons. The van der Waals surface area contributed by atoms with Gasteiger partial charge in [-0.3, -0.25) is 0 Å². The van der Waals surface area contributed by atoms with Crippen LogP contribution in [0.2, 0.25) is 0 Å². The van der Waals surface area contributed by atoms with E-state index in [1.807, 2.05) is 30.3 Å². The predicted molar refractivity (Wildman–Crippen MR) is 96.3 cm³/mol. The maximum atomic E-state index is 12.4. The highest BCUT2D eigenvalue weighted by Crippen LogP contribution is 2.30. The number of ether oxygens (including phenoxy) is 3. The first-order valence-corrected chi connectivity index (χ1v) is 8.74. The fourth-order valence-corrected chi connectivity index (χ4v) is 3.09. The second-order valence-corrected chi connectivity index (χ2v) is 6.20. The van der Waals surface area contributed by atoms with Gasteiger partial charge in [-0.2, -0.15) is 8.78 Å². The molecule has 0 spiro atoms. The molecule has 3 rings (SSSR count). The van der Waals surface area contributed by atoms with Crippen molar-refractivity contribution in [2.45, 2.75) is 13.2 Å². The molecule has 0 fully saturated rings. The molecule has 27 heavy (non-hydrogen) atoms. The third kappa shape index (κ3) is 4.79. The zero-order valence-electron chi connectivity index (χ0n) is 14.2. The summed E-state index contributed by atoms with van der Waals surface area (Å²) >= 11 is 1.35. The molecule has 0 atom stereocenters. The molecule has 0 N–H and O–H groups in total. The van der Waals surface area contributed by atoms with Gasteiger partial charge in [-0.15, -0.1) is 11.3 Å². The zero-order chi connectivity index (χ0) is 19.2. The third-order valence-corrected chi connectivity index (χ3v) is 4.44. The lowest BCUT2D eigenvalue weighted by molar-refractivity contribution is -0.0512. The largest absolute Gasteiger partial charge is 0.493 e. The summed E-state index contributed by atoms with van der Waals surface area (Å²) in [5.74, 6) is -0.529. The van der Waals surface area contributed by atoms with Crippen molar-refractivity contribution in [2.24, 2.45) is 0 Å². The van der Waals surface area contributed by atoms with Crippen molar-refractivity contribution in [1.29, 1.82) is 0 Å². The maximum absolute atomic E-state index is 12.4. The van der Waals surface area contributed by atoms with Gasteiger partial charge >= 0.3 is 12.6 Å². The van der Waals surface area contributed by atoms with Crippen LogP contribution in [-0.2, 0) is 11.3 Å². The summed E-state index contributed by atoms with van der Waals surface area (Å²) in [6, 6.07) is 13.8. The molecule has 0 bridgehead atoms. The topological polar surface area (TPSA) is 57.7 Å². The van der Waals surface area contributed by atoms with Crippen LogP contribution in [0.4, 0.5) is 8.78 Å². The summed E-state index contributed by atoms with van der Waals surface area (Å²) in [5.41, 5.74) is 1.70. The molecule has 1 aromatic heterocycles. The van der Waals surface area contributed by atoms with Crippen molar-refractivity contribution in [3.63, 3.8) is 0 Å². The summed E-state index contributed by atoms with van der Waals surface area (Å²) in [6.07, 6.45) is 0. The number of esters is 1. The zero-order valence-corrected chi connectivity index (χ0v) is 15.0. The molecule has 0 aliphatic rings. The van der Waals surface area contributed by atoms with Gasteiger partial charge < -0.3 is 14.2 Å². The van der Waals surface area contributed by atoms with E-state index in [2.05, 4.69) is 9.72 Å². The van der Waals surface area contributed by atoms with Crippen molar-refractivity contribution >= 4 is 17.3 Å². The van der Waals surface area contributed by atoms with Crippen molar-refractivity contribution in [3.8, 4) is 22.1 Å². The summed E-state index contributed by atoms with van der Waals surface area (Å²) in [4.78, 5) is 16.5. The van der Waals surface area contributed by atoms with E-state index >= 15 is 0 Å². The van der Waals surface area contributed by atoms with Gasteiger partial charge in [-0.05, 0) is 17.7 Å². The second-order valence-electron chi connectivity index (χ2n) is 5.34. The fraction of sp³-hybridized carbons (Fsp3) is 0.158. The summed E-state index contributed by atoms with van der Waals surface area (Å²) in [5, 5.41) is 2.35. The lowest BCUT2D eigenvalue weighted by Crippen LogP contribution is -2.07. The smallest absolute Gasteiger partial charge is 0.387 e. The molecule has 2 aromatic carbocycles. The van der Waals surface area contributed by atoms with Gasteiger partial charge in [0.2, 0.25) is 0 Å². The number of hydrogen-bond acceptors (Lipinski definition) is 6. The van der Waals surface area contributed by atoms with E-state index in [1.165, 1.54) is 36.6 Å². The summed E-state index contributed by atoms with van der Waals surface area (Å²) < 4.78 is 39.3. The van der Waals surface area contributed by atoms with Gasteiger partial charge in [0, 0.05) is 10.9 Å². The quantitative estimate of drug-likeness (QED) is 0.543. The highest BCUT2D eigenvalue weighted by Gasteiger charge is 2.15. The van der Waals surface area contributed by atoms with Gasteiger partial charge in [0.05, 0.1) is 7.11 Å². The molecule has 3 aromatic rings. The average molecular weight is 391 g/mol. The van der Waals surface area contributed by atoms with Crippen LogP contribution < -0.4 is 9.47 Å². The number of halogens is 2. The number of methoxy groups -OCH3 is 1. The maximum Gasteiger partial charge on any atom is 0.387 e. The van der Waals surface area contributed by atoms with Crippen LogP contribution in [0.1, 0.15) is 16.1 Å². The Morgan fingerprint density at radius 2 is 1.93 bits per heavy atom. The molecular weight excluding hydrogens is 376 g/mol. The van der Waals surface area contributed by atoms with Gasteiger partial charge in [0.15, 0.2) is 17.2 Å². The Bertz CT molecular complexity index is 915. The van der Waals surface area contributed by atoms with E-state index in [-0.39, 0.29) is 23.8 Å². The van der Waals surface area contributed by atoms with Gasteiger partial charge in [-0.1, -0.05) is 36.4 Å². The third-order valence-electron chi connectivity index (χ3n) is 3.55. The molecule has 0 amide bonds. The molecule has 0 saturated heterocycles. The van der Waals surface area contributed by atoms with Crippen molar-refractivity contribution in [1.82, 2.24) is 4.98 Å². The van der Waals surface area contributed by atoms with E-state index < -0.39 is 12.6 Å². The molecule has 0 unspecified atom stereocenters. The Balaban J connectivity index is 1.65. The van der Waals surface area contributed by atoms with Crippen LogP contribution >= 0.6 is 11.3 Å². The Kier molecular flexibility index (Phi) is 5.97. The summed E-state index contributed by atoms with van der Waals surface area (Å²) in [7, 11) is 1.34. The first kappa shape index (κ1) is 18.8. The highest BCUT2D eigenvalue weighted by atomic mass is 32.1. The van der Waals surface area contributed by atoms with E-state index in [0.717, 1.165) is 10.6 Å². The predicted octanol–water partition coefficient (Wildman–Crippen LogP) is 4.78. The normalized spacial score (nSPS) is 10.7. The Morgan fingerprint density at radius 3 is 2.63 bits per heavy atom. The standard InChI is InChI=1S/C19H15F2NO4S/c1-24-16-9-12(7-8-15(16)26-19(20)21)10-25-18(23)14-11-27-17(22-14)13-5-3-2-4-6-13/h2-9,11,19H,10H2,1H3. The first-order valence-electron chi connectivity index (χ1n) is 7.86. The SMILES string of the molecule is COc1cc(COC(=O)c2csc(-c3ccccc3)n2)ccc1OC(F)F. The lowest BCUT2D eigenvalue weighted by Gasteiger charge is -2.11. The van der Waals surface area contributed by atoms with Crippen LogP contribution in [0.25, 0.3) is 10.6 Å². The van der Waals surface area contributed by atoms with Crippen LogP contribution in [0.15, 0.2) is 53.9 Å². The van der Waals surface area contributed by atoms with E-state index in [9.17, 15) is 13.6 Å². The second kappa shape index (κ2) is 8.59. The van der Waals surface area contributed by atoms with E-state index in [0.29, 0.717) is 5.56 Å². The Hall–Kier alpha value is -3.00. The fourth-order valence-electron chi connectivity index (χ4n) is 2.30. The number of thiazole rings is 1. The molecule has 1 heterocycles. The highest BCUT2D eigenvalue weighted by molar-refractivity contribution is 7.13. The number of hydrogen-bond donors (Lipinski definition) is 0. The van der Waals surface area contributed by atoms with Gasteiger partial charge in [-0.25, -0.2) is 9.78 Å². The van der Waals surface area contributed by atoms with Crippen LogP contribution in [0.5, 0.6) is 11.5 Å². The molecule has 0 saturated carbocycles. The molecule has 8 heteroatoms.